The normalized spacial score (nSPS) is 21.4. The lowest BCUT2D eigenvalue weighted by molar-refractivity contribution is -0.147. The van der Waals surface area contributed by atoms with Gasteiger partial charge >= 0.3 is 12.0 Å². The van der Waals surface area contributed by atoms with Gasteiger partial charge < -0.3 is 20.6 Å². The highest BCUT2D eigenvalue weighted by Gasteiger charge is 2.45. The van der Waals surface area contributed by atoms with Gasteiger partial charge in [-0.05, 0) is 25.7 Å². The molecular formula is C14H25N3O4. The van der Waals surface area contributed by atoms with Gasteiger partial charge in [-0.25, -0.2) is 9.59 Å². The minimum absolute atomic E-state index is 0.119. The molecule has 1 aliphatic rings. The Morgan fingerprint density at radius 2 is 1.95 bits per heavy atom. The van der Waals surface area contributed by atoms with Crippen molar-refractivity contribution in [1.29, 1.82) is 0 Å². The van der Waals surface area contributed by atoms with Crippen LogP contribution in [0.5, 0.6) is 0 Å². The van der Waals surface area contributed by atoms with Crippen LogP contribution >= 0.6 is 0 Å². The molecule has 120 valence electrons. The van der Waals surface area contributed by atoms with Crippen molar-refractivity contribution in [1.82, 2.24) is 15.5 Å². The van der Waals surface area contributed by atoms with E-state index >= 15 is 0 Å². The zero-order chi connectivity index (χ0) is 16.0. The summed E-state index contributed by atoms with van der Waals surface area (Å²) in [6.45, 7) is 6.79. The highest BCUT2D eigenvalue weighted by Crippen LogP contribution is 2.29. The van der Waals surface area contributed by atoms with Crippen molar-refractivity contribution in [2.24, 2.45) is 5.92 Å². The second kappa shape index (κ2) is 7.28. The van der Waals surface area contributed by atoms with E-state index in [1.807, 2.05) is 13.8 Å². The van der Waals surface area contributed by atoms with Gasteiger partial charge in [-0.15, -0.1) is 0 Å². The number of nitrogens with zero attached hydrogens (tertiary/aromatic N) is 1. The Hall–Kier alpha value is -1.79. The molecule has 1 aliphatic heterocycles. The number of hydrogen-bond acceptors (Lipinski definition) is 3. The average molecular weight is 299 g/mol. The van der Waals surface area contributed by atoms with Gasteiger partial charge in [0.1, 0.15) is 5.54 Å². The van der Waals surface area contributed by atoms with E-state index in [0.29, 0.717) is 31.8 Å². The first-order valence-corrected chi connectivity index (χ1v) is 7.33. The van der Waals surface area contributed by atoms with Crippen molar-refractivity contribution in [2.45, 2.75) is 45.6 Å². The van der Waals surface area contributed by atoms with Crippen molar-refractivity contribution < 1.29 is 19.5 Å². The Bertz CT molecular complexity index is 411. The Balaban J connectivity index is 2.37. The fourth-order valence-electron chi connectivity index (χ4n) is 2.30. The lowest BCUT2D eigenvalue weighted by Crippen LogP contribution is -2.54. The van der Waals surface area contributed by atoms with Crippen LogP contribution in [0.4, 0.5) is 4.79 Å². The van der Waals surface area contributed by atoms with Crippen LogP contribution in [-0.4, -0.2) is 53.1 Å². The molecule has 0 aromatic carbocycles. The SMILES string of the molecule is CC(C)CNC(=O)CCNC(=O)N1CCCC1(C)C(=O)O. The second-order valence-corrected chi connectivity index (χ2v) is 6.01. The van der Waals surface area contributed by atoms with Crippen LogP contribution in [0.3, 0.4) is 0 Å². The molecule has 7 nitrogen and oxygen atoms in total. The molecule has 7 heteroatoms. The van der Waals surface area contributed by atoms with E-state index < -0.39 is 17.5 Å². The molecule has 1 atom stereocenters. The summed E-state index contributed by atoms with van der Waals surface area (Å²) >= 11 is 0. The number of aliphatic carboxylic acids is 1. The quantitative estimate of drug-likeness (QED) is 0.675. The van der Waals surface area contributed by atoms with Gasteiger partial charge in [0.2, 0.25) is 5.91 Å². The average Bonchev–Trinajstić information content (AvgIpc) is 2.80. The van der Waals surface area contributed by atoms with E-state index in [9.17, 15) is 19.5 Å². The van der Waals surface area contributed by atoms with Crippen LogP contribution in [0.1, 0.15) is 40.0 Å². The molecule has 21 heavy (non-hydrogen) atoms. The smallest absolute Gasteiger partial charge is 0.329 e. The lowest BCUT2D eigenvalue weighted by Gasteiger charge is -2.31. The number of amides is 3. The van der Waals surface area contributed by atoms with Crippen LogP contribution in [-0.2, 0) is 9.59 Å². The summed E-state index contributed by atoms with van der Waals surface area (Å²) < 4.78 is 0. The highest BCUT2D eigenvalue weighted by atomic mass is 16.4. The minimum Gasteiger partial charge on any atom is -0.480 e. The molecule has 0 aliphatic carbocycles. The van der Waals surface area contributed by atoms with Gasteiger partial charge in [0.05, 0.1) is 0 Å². The number of carbonyl (C=O) groups is 3. The topological polar surface area (TPSA) is 98.7 Å². The first-order valence-electron chi connectivity index (χ1n) is 7.33. The molecule has 0 radical (unpaired) electrons. The van der Waals surface area contributed by atoms with Gasteiger partial charge in [0.15, 0.2) is 0 Å². The summed E-state index contributed by atoms with van der Waals surface area (Å²) in [6.07, 6.45) is 1.31. The fraction of sp³-hybridized carbons (Fsp3) is 0.786. The molecule has 1 unspecified atom stereocenters. The minimum atomic E-state index is -1.15. The third-order valence-corrected chi connectivity index (χ3v) is 3.68. The van der Waals surface area contributed by atoms with E-state index in [-0.39, 0.29) is 18.9 Å². The van der Waals surface area contributed by atoms with E-state index in [1.165, 1.54) is 4.90 Å². The molecule has 0 aromatic heterocycles. The van der Waals surface area contributed by atoms with Crippen LogP contribution < -0.4 is 10.6 Å². The van der Waals surface area contributed by atoms with E-state index in [4.69, 9.17) is 0 Å². The number of hydrogen-bond donors (Lipinski definition) is 3. The maximum absolute atomic E-state index is 12.0. The number of carboxylic acids is 1. The summed E-state index contributed by atoms with van der Waals surface area (Å²) in [5.74, 6) is -0.735. The standard InChI is InChI=1S/C14H25N3O4/c1-10(2)9-16-11(18)5-7-15-13(21)17-8-4-6-14(17,3)12(19)20/h10H,4-9H2,1-3H3,(H,15,21)(H,16,18)(H,19,20). The van der Waals surface area contributed by atoms with Crippen molar-refractivity contribution in [3.63, 3.8) is 0 Å². The van der Waals surface area contributed by atoms with E-state index in [0.717, 1.165) is 0 Å². The highest BCUT2D eigenvalue weighted by molar-refractivity contribution is 5.87. The fourth-order valence-corrected chi connectivity index (χ4v) is 2.30. The van der Waals surface area contributed by atoms with Gasteiger partial charge in [0, 0.05) is 26.1 Å². The molecule has 3 amide bonds. The molecule has 1 fully saturated rings. The molecule has 0 saturated carbocycles. The van der Waals surface area contributed by atoms with Gasteiger partial charge in [0.25, 0.3) is 0 Å². The number of rotatable bonds is 6. The zero-order valence-electron chi connectivity index (χ0n) is 12.9. The predicted molar refractivity (Wildman–Crippen MR) is 77.8 cm³/mol. The van der Waals surface area contributed by atoms with Crippen molar-refractivity contribution >= 4 is 17.9 Å². The van der Waals surface area contributed by atoms with Gasteiger partial charge in [-0.3, -0.25) is 4.79 Å². The Morgan fingerprint density at radius 3 is 2.52 bits per heavy atom. The molecule has 1 heterocycles. The maximum atomic E-state index is 12.0. The van der Waals surface area contributed by atoms with E-state index in [2.05, 4.69) is 10.6 Å². The van der Waals surface area contributed by atoms with Crippen molar-refractivity contribution in [2.75, 3.05) is 19.6 Å². The third kappa shape index (κ3) is 4.61. The number of carboxylic acid groups (broad SMARTS) is 1. The number of carbonyl (C=O) groups excluding carboxylic acids is 2. The summed E-state index contributed by atoms with van der Waals surface area (Å²) in [5.41, 5.74) is -1.15. The number of nitrogens with one attached hydrogen (secondary N) is 2. The third-order valence-electron chi connectivity index (χ3n) is 3.68. The first-order chi connectivity index (χ1) is 9.77. The van der Waals surface area contributed by atoms with E-state index in [1.54, 1.807) is 6.92 Å². The summed E-state index contributed by atoms with van der Waals surface area (Å²) in [4.78, 5) is 36.2. The zero-order valence-corrected chi connectivity index (χ0v) is 12.9. The van der Waals surface area contributed by atoms with Crippen LogP contribution in [0.15, 0.2) is 0 Å². The molecule has 1 rings (SSSR count). The summed E-state index contributed by atoms with van der Waals surface area (Å²) in [5, 5.41) is 14.6. The van der Waals surface area contributed by atoms with Gasteiger partial charge in [-0.2, -0.15) is 0 Å². The molecule has 3 N–H and O–H groups in total. The largest absolute Gasteiger partial charge is 0.480 e. The molecule has 0 spiro atoms. The number of likely N-dealkylation sites (tertiary alicyclic amines) is 1. The second-order valence-electron chi connectivity index (χ2n) is 6.01. The van der Waals surface area contributed by atoms with Crippen molar-refractivity contribution in [3.05, 3.63) is 0 Å². The Labute approximate surface area is 125 Å². The predicted octanol–water partition coefficient (Wildman–Crippen LogP) is 0.797. The monoisotopic (exact) mass is 299 g/mol. The van der Waals surface area contributed by atoms with Crippen LogP contribution in [0, 0.1) is 5.92 Å². The Kier molecular flexibility index (Phi) is 5.99. The maximum Gasteiger partial charge on any atom is 0.329 e. The molecule has 0 bridgehead atoms. The lowest BCUT2D eigenvalue weighted by atomic mass is 10.00. The number of urea groups is 1. The summed E-state index contributed by atoms with van der Waals surface area (Å²) in [6, 6.07) is -0.422. The molecule has 0 aromatic rings. The molecular weight excluding hydrogens is 274 g/mol. The first kappa shape index (κ1) is 17.3. The van der Waals surface area contributed by atoms with Gasteiger partial charge in [-0.1, -0.05) is 13.8 Å². The van der Waals surface area contributed by atoms with Crippen LogP contribution in [0.25, 0.3) is 0 Å². The van der Waals surface area contributed by atoms with Crippen molar-refractivity contribution in [3.8, 4) is 0 Å². The van der Waals surface area contributed by atoms with Crippen LogP contribution in [0.2, 0.25) is 0 Å². The molecule has 1 saturated heterocycles. The summed E-state index contributed by atoms with van der Waals surface area (Å²) in [7, 11) is 0. The Morgan fingerprint density at radius 1 is 1.29 bits per heavy atom.